The van der Waals surface area contributed by atoms with E-state index < -0.39 is 16.1 Å². The molecule has 0 amide bonds. The summed E-state index contributed by atoms with van der Waals surface area (Å²) < 4.78 is 30.3. The third-order valence-corrected chi connectivity index (χ3v) is 6.42. The van der Waals surface area contributed by atoms with Crippen LogP contribution in [0.25, 0.3) is 6.08 Å². The van der Waals surface area contributed by atoms with E-state index in [2.05, 4.69) is 5.16 Å². The Morgan fingerprint density at radius 3 is 2.16 bits per heavy atom. The van der Waals surface area contributed by atoms with Crippen LogP contribution in [-0.4, -0.2) is 20.1 Å². The molecular formula is C22H12Cl3NO5S. The van der Waals surface area contributed by atoms with Crippen LogP contribution in [0.3, 0.4) is 0 Å². The highest BCUT2D eigenvalue weighted by Crippen LogP contribution is 2.37. The van der Waals surface area contributed by atoms with E-state index in [1.807, 2.05) is 6.07 Å². The predicted molar refractivity (Wildman–Crippen MR) is 123 cm³/mol. The van der Waals surface area contributed by atoms with Crippen LogP contribution in [0, 0.1) is 0 Å². The summed E-state index contributed by atoms with van der Waals surface area (Å²) in [6.45, 7) is 0. The molecule has 0 atom stereocenters. The second-order valence-corrected chi connectivity index (χ2v) is 9.34. The third-order valence-electron chi connectivity index (χ3n) is 4.37. The maximum Gasteiger partial charge on any atom is 0.368 e. The molecule has 32 heavy (non-hydrogen) atoms. The highest BCUT2D eigenvalue weighted by molar-refractivity contribution is 7.87. The van der Waals surface area contributed by atoms with Crippen LogP contribution >= 0.6 is 34.8 Å². The Labute approximate surface area is 198 Å². The van der Waals surface area contributed by atoms with Gasteiger partial charge in [0.25, 0.3) is 0 Å². The molecule has 0 unspecified atom stereocenters. The Balaban J connectivity index is 1.66. The Bertz CT molecular complexity index is 1350. The molecular weight excluding hydrogens is 497 g/mol. The first-order chi connectivity index (χ1) is 15.2. The Morgan fingerprint density at radius 2 is 1.53 bits per heavy atom. The summed E-state index contributed by atoms with van der Waals surface area (Å²) in [4.78, 5) is 16.9. The number of halogens is 3. The van der Waals surface area contributed by atoms with Crippen molar-refractivity contribution in [3.8, 4) is 5.75 Å². The maximum atomic E-state index is 12.6. The largest absolute Gasteiger partial charge is 0.376 e. The van der Waals surface area contributed by atoms with E-state index in [-0.39, 0.29) is 26.3 Å². The van der Waals surface area contributed by atoms with Crippen molar-refractivity contribution in [2.24, 2.45) is 5.16 Å². The van der Waals surface area contributed by atoms with Crippen molar-refractivity contribution in [3.05, 3.63) is 98.5 Å². The molecule has 0 radical (unpaired) electrons. The number of hydrogen-bond donors (Lipinski definition) is 0. The highest BCUT2D eigenvalue weighted by Gasteiger charge is 2.27. The van der Waals surface area contributed by atoms with Crippen LogP contribution in [-0.2, 0) is 19.8 Å². The molecule has 3 aromatic carbocycles. The molecule has 0 fully saturated rings. The van der Waals surface area contributed by atoms with Crippen molar-refractivity contribution in [1.82, 2.24) is 0 Å². The van der Waals surface area contributed by atoms with Crippen LogP contribution < -0.4 is 4.18 Å². The number of nitrogens with zero attached hydrogens (tertiary/aromatic N) is 1. The average molecular weight is 509 g/mol. The van der Waals surface area contributed by atoms with Gasteiger partial charge in [-0.3, -0.25) is 0 Å². The fraction of sp³-hybridized carbons (Fsp3) is 0. The third kappa shape index (κ3) is 4.66. The van der Waals surface area contributed by atoms with Gasteiger partial charge in [0.2, 0.25) is 0 Å². The van der Waals surface area contributed by atoms with Crippen LogP contribution in [0.2, 0.25) is 15.1 Å². The highest BCUT2D eigenvalue weighted by atomic mass is 35.5. The van der Waals surface area contributed by atoms with Gasteiger partial charge in [0.1, 0.15) is 10.6 Å². The van der Waals surface area contributed by atoms with Crippen molar-refractivity contribution in [2.75, 3.05) is 0 Å². The van der Waals surface area contributed by atoms with Crippen molar-refractivity contribution >= 4 is 62.7 Å². The smallest absolute Gasteiger partial charge is 0.368 e. The molecule has 0 aromatic heterocycles. The Hall–Kier alpha value is -2.84. The summed E-state index contributed by atoms with van der Waals surface area (Å²) in [6, 6.07) is 17.3. The van der Waals surface area contributed by atoms with Gasteiger partial charge < -0.3 is 9.02 Å². The van der Waals surface area contributed by atoms with Gasteiger partial charge in [0, 0.05) is 10.6 Å². The maximum absolute atomic E-state index is 12.6. The molecule has 6 nitrogen and oxygen atoms in total. The summed E-state index contributed by atoms with van der Waals surface area (Å²) in [7, 11) is -4.20. The lowest BCUT2D eigenvalue weighted by atomic mass is 10.0. The Morgan fingerprint density at radius 1 is 0.906 bits per heavy atom. The summed E-state index contributed by atoms with van der Waals surface area (Å²) in [5.74, 6) is -0.877. The van der Waals surface area contributed by atoms with E-state index in [1.165, 1.54) is 42.5 Å². The molecule has 0 saturated carbocycles. The first kappa shape index (κ1) is 22.4. The van der Waals surface area contributed by atoms with E-state index in [0.717, 1.165) is 0 Å². The van der Waals surface area contributed by atoms with Gasteiger partial charge in [-0.25, -0.2) is 4.79 Å². The zero-order valence-electron chi connectivity index (χ0n) is 16.0. The van der Waals surface area contributed by atoms with Gasteiger partial charge in [0.05, 0.1) is 15.6 Å². The summed E-state index contributed by atoms with van der Waals surface area (Å²) in [5.41, 5.74) is 1.67. The summed E-state index contributed by atoms with van der Waals surface area (Å²) >= 11 is 18.3. The zero-order chi connectivity index (χ0) is 22.9. The number of hydrogen-bond acceptors (Lipinski definition) is 6. The molecule has 0 saturated heterocycles. The van der Waals surface area contributed by atoms with Crippen molar-refractivity contribution in [2.45, 2.75) is 4.90 Å². The topological polar surface area (TPSA) is 82.0 Å². The lowest BCUT2D eigenvalue weighted by Gasteiger charge is -2.11. The standard InChI is InChI=1S/C22H12Cl3NO5S/c23-15-6-8-16(9-7-15)32(28,29)31-21-18(24)11-13(12-19(21)25)10-17-20(26-30-22(17)27)14-4-2-1-3-5-14/h1-12H/b17-10-. The van der Waals surface area contributed by atoms with Gasteiger partial charge in [-0.2, -0.15) is 8.42 Å². The summed E-state index contributed by atoms with van der Waals surface area (Å²) in [6.07, 6.45) is 1.50. The normalized spacial score (nSPS) is 14.9. The number of rotatable bonds is 5. The molecule has 1 aliphatic rings. The van der Waals surface area contributed by atoms with Crippen LogP contribution in [0.15, 0.2) is 82.4 Å². The molecule has 10 heteroatoms. The molecule has 0 spiro atoms. The second-order valence-electron chi connectivity index (χ2n) is 6.55. The van der Waals surface area contributed by atoms with E-state index in [9.17, 15) is 13.2 Å². The predicted octanol–water partition coefficient (Wildman–Crippen LogP) is 5.76. The fourth-order valence-corrected chi connectivity index (χ4v) is 4.65. The van der Waals surface area contributed by atoms with Crippen LogP contribution in [0.4, 0.5) is 0 Å². The molecule has 0 N–H and O–H groups in total. The molecule has 4 rings (SSSR count). The van der Waals surface area contributed by atoms with E-state index in [0.29, 0.717) is 21.9 Å². The number of oxime groups is 1. The zero-order valence-corrected chi connectivity index (χ0v) is 19.0. The molecule has 0 bridgehead atoms. The molecule has 0 aliphatic carbocycles. The quantitative estimate of drug-likeness (QED) is 0.249. The lowest BCUT2D eigenvalue weighted by molar-refractivity contribution is -0.136. The van der Waals surface area contributed by atoms with Crippen LogP contribution in [0.1, 0.15) is 11.1 Å². The van der Waals surface area contributed by atoms with E-state index in [1.54, 1.807) is 24.3 Å². The van der Waals surface area contributed by atoms with Crippen molar-refractivity contribution in [1.29, 1.82) is 0 Å². The van der Waals surface area contributed by atoms with Crippen molar-refractivity contribution < 1.29 is 22.2 Å². The minimum absolute atomic E-state index is 0.0635. The monoisotopic (exact) mass is 507 g/mol. The van der Waals surface area contributed by atoms with E-state index in [4.69, 9.17) is 43.8 Å². The molecule has 1 aliphatic heterocycles. The van der Waals surface area contributed by atoms with Gasteiger partial charge in [-0.15, -0.1) is 0 Å². The number of carbonyl (C=O) groups is 1. The fourth-order valence-electron chi connectivity index (χ4n) is 2.88. The lowest BCUT2D eigenvalue weighted by Crippen LogP contribution is -2.10. The summed E-state index contributed by atoms with van der Waals surface area (Å²) in [5, 5.41) is 4.08. The first-order valence-electron chi connectivity index (χ1n) is 9.00. The van der Waals surface area contributed by atoms with Gasteiger partial charge >= 0.3 is 16.1 Å². The molecule has 162 valence electrons. The second kappa shape index (κ2) is 8.96. The molecule has 3 aromatic rings. The van der Waals surface area contributed by atoms with Crippen molar-refractivity contribution in [3.63, 3.8) is 0 Å². The minimum Gasteiger partial charge on any atom is -0.376 e. The van der Waals surface area contributed by atoms with Gasteiger partial charge in [-0.05, 0) is 48.0 Å². The van der Waals surface area contributed by atoms with E-state index >= 15 is 0 Å². The minimum atomic E-state index is -4.20. The Kier molecular flexibility index (Phi) is 6.26. The van der Waals surface area contributed by atoms with Gasteiger partial charge in [0.15, 0.2) is 5.75 Å². The number of benzene rings is 3. The van der Waals surface area contributed by atoms with Gasteiger partial charge in [-0.1, -0.05) is 70.3 Å². The van der Waals surface area contributed by atoms with Crippen LogP contribution in [0.5, 0.6) is 5.75 Å². The SMILES string of the molecule is O=C1ON=C(c2ccccc2)/C1=C/c1cc(Cl)c(OS(=O)(=O)c2ccc(Cl)cc2)c(Cl)c1. The number of carbonyl (C=O) groups excluding carboxylic acids is 1. The molecule has 1 heterocycles. The average Bonchev–Trinajstić information content (AvgIpc) is 3.12. The first-order valence-corrected chi connectivity index (χ1v) is 11.5.